The van der Waals surface area contributed by atoms with Gasteiger partial charge in [0.05, 0.1) is 25.0 Å². The van der Waals surface area contributed by atoms with Crippen LogP contribution in [0.4, 0.5) is 10.6 Å². The molecule has 0 saturated carbocycles. The summed E-state index contributed by atoms with van der Waals surface area (Å²) >= 11 is 0. The quantitative estimate of drug-likeness (QED) is 0.313. The van der Waals surface area contributed by atoms with Gasteiger partial charge >= 0.3 is 6.09 Å². The zero-order chi connectivity index (χ0) is 29.2. The molecule has 0 fully saturated rings. The molecule has 12 heteroatoms. The second kappa shape index (κ2) is 11.4. The van der Waals surface area contributed by atoms with E-state index in [2.05, 4.69) is 15.0 Å². The van der Waals surface area contributed by atoms with Gasteiger partial charge in [-0.25, -0.2) is 19.7 Å². The van der Waals surface area contributed by atoms with E-state index in [1.54, 1.807) is 69.4 Å². The number of aromatic nitrogens is 4. The molecule has 3 aromatic heterocycles. The molecule has 0 bridgehead atoms. The normalized spacial score (nSPS) is 12.2. The Morgan fingerprint density at radius 3 is 2.33 bits per heavy atom. The van der Waals surface area contributed by atoms with Gasteiger partial charge in [0, 0.05) is 53.7 Å². The molecule has 1 unspecified atom stereocenters. The van der Waals surface area contributed by atoms with Crippen molar-refractivity contribution in [3.05, 3.63) is 64.7 Å². The van der Waals surface area contributed by atoms with E-state index in [0.29, 0.717) is 45.8 Å². The molecule has 0 radical (unpaired) electrons. The fourth-order valence-electron chi connectivity index (χ4n) is 4.34. The lowest BCUT2D eigenvalue weighted by Gasteiger charge is -2.32. The van der Waals surface area contributed by atoms with Crippen LogP contribution >= 0.6 is 0 Å². The highest BCUT2D eigenvalue weighted by Gasteiger charge is 2.29. The van der Waals surface area contributed by atoms with Crippen molar-refractivity contribution in [1.29, 1.82) is 0 Å². The standard InChI is InChI=1S/C28H31N5O6S/c1-28(2,3)33(27(35)36)23-9-7-8-19(30-23)10-11-32-24-18(16-29-26(31-24)40(6)37)14-22(25(32)34)17-12-20(38-4)15-21(13-17)39-5/h7-9,12-16H,10-11H2,1-6H3,(H,35,36). The molecule has 0 aliphatic heterocycles. The van der Waals surface area contributed by atoms with E-state index >= 15 is 0 Å². The second-order valence-corrected chi connectivity index (χ2v) is 11.3. The number of hydrogen-bond donors (Lipinski definition) is 1. The van der Waals surface area contributed by atoms with Crippen molar-refractivity contribution in [2.45, 2.75) is 44.4 Å². The van der Waals surface area contributed by atoms with Gasteiger partial charge in [-0.2, -0.15) is 0 Å². The number of nitrogens with zero attached hydrogens (tertiary/aromatic N) is 5. The smallest absolute Gasteiger partial charge is 0.413 e. The van der Waals surface area contributed by atoms with Gasteiger partial charge in [0.2, 0.25) is 5.16 Å². The van der Waals surface area contributed by atoms with Crippen LogP contribution in [0.5, 0.6) is 11.5 Å². The van der Waals surface area contributed by atoms with Gasteiger partial charge in [0.15, 0.2) is 0 Å². The number of anilines is 1. The van der Waals surface area contributed by atoms with Crippen LogP contribution in [0, 0.1) is 0 Å². The maximum atomic E-state index is 13.9. The first-order chi connectivity index (χ1) is 18.9. The van der Waals surface area contributed by atoms with Gasteiger partial charge in [0.1, 0.15) is 23.0 Å². The lowest BCUT2D eigenvalue weighted by molar-refractivity contribution is 0.195. The van der Waals surface area contributed by atoms with E-state index in [-0.39, 0.29) is 23.1 Å². The average Bonchev–Trinajstić information content (AvgIpc) is 2.90. The Hall–Kier alpha value is -4.32. The maximum Gasteiger partial charge on any atom is 0.413 e. The predicted molar refractivity (Wildman–Crippen MR) is 153 cm³/mol. The highest BCUT2D eigenvalue weighted by atomic mass is 32.2. The van der Waals surface area contributed by atoms with Gasteiger partial charge in [-0.3, -0.25) is 18.5 Å². The first-order valence-corrected chi connectivity index (χ1v) is 13.9. The number of benzene rings is 1. The minimum Gasteiger partial charge on any atom is -0.497 e. The van der Waals surface area contributed by atoms with Crippen LogP contribution in [0.1, 0.15) is 26.5 Å². The minimum absolute atomic E-state index is 0.110. The molecule has 4 rings (SSSR count). The third kappa shape index (κ3) is 5.96. The summed E-state index contributed by atoms with van der Waals surface area (Å²) < 4.78 is 24.4. The summed E-state index contributed by atoms with van der Waals surface area (Å²) in [6.45, 7) is 5.54. The highest BCUT2D eigenvalue weighted by Crippen LogP contribution is 2.30. The third-order valence-electron chi connectivity index (χ3n) is 6.20. The summed E-state index contributed by atoms with van der Waals surface area (Å²) in [6.07, 6.45) is 2.21. The van der Waals surface area contributed by atoms with E-state index < -0.39 is 22.4 Å². The van der Waals surface area contributed by atoms with Gasteiger partial charge in [0.25, 0.3) is 5.56 Å². The highest BCUT2D eigenvalue weighted by molar-refractivity contribution is 7.84. The summed E-state index contributed by atoms with van der Waals surface area (Å²) in [4.78, 5) is 40.3. The van der Waals surface area contributed by atoms with Crippen molar-refractivity contribution in [1.82, 2.24) is 19.5 Å². The number of hydrogen-bond acceptors (Lipinski definition) is 8. The summed E-state index contributed by atoms with van der Waals surface area (Å²) in [6, 6.07) is 12.0. The van der Waals surface area contributed by atoms with Crippen LogP contribution in [-0.2, 0) is 23.8 Å². The molecule has 0 saturated heterocycles. The summed E-state index contributed by atoms with van der Waals surface area (Å²) in [5, 5.41) is 10.5. The first-order valence-electron chi connectivity index (χ1n) is 12.4. The Morgan fingerprint density at radius 2 is 1.75 bits per heavy atom. The number of rotatable bonds is 8. The molecule has 40 heavy (non-hydrogen) atoms. The Kier molecular flexibility index (Phi) is 8.19. The molecular weight excluding hydrogens is 534 g/mol. The number of fused-ring (bicyclic) bond motifs is 1. The monoisotopic (exact) mass is 565 g/mol. The van der Waals surface area contributed by atoms with E-state index in [4.69, 9.17) is 9.47 Å². The van der Waals surface area contributed by atoms with Crippen molar-refractivity contribution >= 4 is 33.7 Å². The fraction of sp³-hybridized carbons (Fsp3) is 0.321. The first kappa shape index (κ1) is 28.7. The van der Waals surface area contributed by atoms with Crippen molar-refractivity contribution in [3.8, 4) is 22.6 Å². The van der Waals surface area contributed by atoms with Crippen LogP contribution in [0.25, 0.3) is 22.2 Å². The number of aryl methyl sites for hydroxylation is 2. The molecule has 0 aliphatic carbocycles. The van der Waals surface area contributed by atoms with E-state index in [1.807, 2.05) is 0 Å². The lowest BCUT2D eigenvalue weighted by atomic mass is 10.0. The van der Waals surface area contributed by atoms with Gasteiger partial charge < -0.3 is 14.6 Å². The molecule has 0 spiro atoms. The summed E-state index contributed by atoms with van der Waals surface area (Å²) in [7, 11) is 1.61. The molecule has 11 nitrogen and oxygen atoms in total. The van der Waals surface area contributed by atoms with Crippen LogP contribution in [0.2, 0.25) is 0 Å². The molecule has 3 heterocycles. The van der Waals surface area contributed by atoms with Crippen molar-refractivity contribution < 1.29 is 23.6 Å². The van der Waals surface area contributed by atoms with Crippen LogP contribution < -0.4 is 19.9 Å². The van der Waals surface area contributed by atoms with Crippen LogP contribution in [0.15, 0.2) is 58.6 Å². The number of carbonyl (C=O) groups is 1. The number of amides is 1. The average molecular weight is 566 g/mol. The molecule has 1 aromatic carbocycles. The topological polar surface area (TPSA) is 137 Å². The van der Waals surface area contributed by atoms with Crippen molar-refractivity contribution in [2.75, 3.05) is 25.4 Å². The van der Waals surface area contributed by atoms with Crippen LogP contribution in [-0.4, -0.2) is 60.9 Å². The molecule has 0 aliphatic rings. The Balaban J connectivity index is 1.83. The number of carboxylic acid groups (broad SMARTS) is 1. The molecule has 1 amide bonds. The summed E-state index contributed by atoms with van der Waals surface area (Å²) in [5.41, 5.74) is 0.858. The molecule has 1 N–H and O–H groups in total. The predicted octanol–water partition coefficient (Wildman–Crippen LogP) is 4.13. The van der Waals surface area contributed by atoms with Crippen molar-refractivity contribution in [2.24, 2.45) is 0 Å². The maximum absolute atomic E-state index is 13.9. The SMILES string of the molecule is COc1cc(OC)cc(-c2cc3cnc(S(C)=O)nc3n(CCc3cccc(N(C(=O)O)C(C)(C)C)n3)c2=O)c1. The number of pyridine rings is 2. The Morgan fingerprint density at radius 1 is 1.07 bits per heavy atom. The van der Waals surface area contributed by atoms with Crippen LogP contribution in [0.3, 0.4) is 0 Å². The summed E-state index contributed by atoms with van der Waals surface area (Å²) in [5.74, 6) is 1.34. The lowest BCUT2D eigenvalue weighted by Crippen LogP contribution is -2.45. The van der Waals surface area contributed by atoms with Gasteiger partial charge in [-0.05, 0) is 56.7 Å². The second-order valence-electron chi connectivity index (χ2n) is 10.0. The number of ether oxygens (including phenoxy) is 2. The van der Waals surface area contributed by atoms with Crippen molar-refractivity contribution in [3.63, 3.8) is 0 Å². The zero-order valence-electron chi connectivity index (χ0n) is 23.2. The molecule has 1 atom stereocenters. The molecule has 210 valence electrons. The van der Waals surface area contributed by atoms with Gasteiger partial charge in [-0.15, -0.1) is 0 Å². The van der Waals surface area contributed by atoms with E-state index in [0.717, 1.165) is 0 Å². The fourth-order valence-corrected chi connectivity index (χ4v) is 4.76. The third-order valence-corrected chi connectivity index (χ3v) is 6.91. The van der Waals surface area contributed by atoms with E-state index in [9.17, 15) is 18.9 Å². The molecular formula is C28H31N5O6S. The number of methoxy groups -OCH3 is 2. The zero-order valence-corrected chi connectivity index (χ0v) is 24.0. The largest absolute Gasteiger partial charge is 0.497 e. The Labute approximate surface area is 233 Å². The van der Waals surface area contributed by atoms with E-state index in [1.165, 1.54) is 29.9 Å². The van der Waals surface area contributed by atoms with Gasteiger partial charge in [-0.1, -0.05) is 6.07 Å². The Bertz CT molecular complexity index is 1640. The molecule has 4 aromatic rings. The minimum atomic E-state index is -1.46.